The Morgan fingerprint density at radius 2 is 2.25 bits per heavy atom. The van der Waals surface area contributed by atoms with Crippen LogP contribution in [0.3, 0.4) is 0 Å². The number of carbonyl (C=O) groups excluding carboxylic acids is 1. The fourth-order valence-electron chi connectivity index (χ4n) is 2.97. The first kappa shape index (κ1) is 13.7. The molecule has 0 atom stereocenters. The van der Waals surface area contributed by atoms with Gasteiger partial charge >= 0.3 is 6.09 Å². The molecule has 1 aliphatic heterocycles. The number of rotatable bonds is 1. The van der Waals surface area contributed by atoms with Crippen molar-refractivity contribution in [2.24, 2.45) is 7.05 Å². The lowest BCUT2D eigenvalue weighted by Gasteiger charge is -2.27. The zero-order valence-corrected chi connectivity index (χ0v) is 13.8. The molecule has 0 saturated carbocycles. The monoisotopic (exact) mass is 384 g/mol. The van der Waals surface area contributed by atoms with Crippen LogP contribution in [0.2, 0.25) is 0 Å². The molecule has 0 aliphatic carbocycles. The quantitative estimate of drug-likeness (QED) is 0.708. The molecule has 0 spiro atoms. The van der Waals surface area contributed by atoms with Crippen molar-refractivity contribution in [2.75, 3.05) is 13.2 Å². The predicted octanol–water partition coefficient (Wildman–Crippen LogP) is 3.30. The molecular formula is C15H17IN2O2. The van der Waals surface area contributed by atoms with Crippen LogP contribution in [0.15, 0.2) is 18.2 Å². The molecule has 0 bridgehead atoms. The van der Waals surface area contributed by atoms with Crippen LogP contribution in [0.25, 0.3) is 10.9 Å². The second kappa shape index (κ2) is 5.27. The number of nitrogens with zero attached hydrogens (tertiary/aromatic N) is 2. The summed E-state index contributed by atoms with van der Waals surface area (Å²) in [5.74, 6) is 0. The van der Waals surface area contributed by atoms with Gasteiger partial charge in [-0.1, -0.05) is 12.1 Å². The van der Waals surface area contributed by atoms with Crippen LogP contribution in [0.5, 0.6) is 0 Å². The predicted molar refractivity (Wildman–Crippen MR) is 86.8 cm³/mol. The zero-order valence-electron chi connectivity index (χ0n) is 11.6. The van der Waals surface area contributed by atoms with Gasteiger partial charge < -0.3 is 14.2 Å². The van der Waals surface area contributed by atoms with Gasteiger partial charge in [0.05, 0.1) is 18.7 Å². The SMILES string of the molecule is CCOC(=O)N1CCc2c(c3cccc(I)c3n2C)C1. The Morgan fingerprint density at radius 3 is 3.00 bits per heavy atom. The Labute approximate surface area is 131 Å². The molecule has 1 aliphatic rings. The highest BCUT2D eigenvalue weighted by atomic mass is 127. The van der Waals surface area contributed by atoms with Gasteiger partial charge in [-0.25, -0.2) is 4.79 Å². The molecule has 1 aromatic heterocycles. The highest BCUT2D eigenvalue weighted by Gasteiger charge is 2.26. The highest BCUT2D eigenvalue weighted by molar-refractivity contribution is 14.1. The van der Waals surface area contributed by atoms with Crippen molar-refractivity contribution in [1.29, 1.82) is 0 Å². The average Bonchev–Trinajstić information content (AvgIpc) is 2.73. The van der Waals surface area contributed by atoms with Crippen LogP contribution in [0.1, 0.15) is 18.2 Å². The number of para-hydroxylation sites is 1. The fraction of sp³-hybridized carbons (Fsp3) is 0.400. The third kappa shape index (κ3) is 2.08. The summed E-state index contributed by atoms with van der Waals surface area (Å²) in [6, 6.07) is 6.34. The van der Waals surface area contributed by atoms with Crippen LogP contribution in [0.4, 0.5) is 4.79 Å². The molecule has 2 heterocycles. The van der Waals surface area contributed by atoms with Crippen molar-refractivity contribution in [2.45, 2.75) is 19.9 Å². The van der Waals surface area contributed by atoms with Crippen molar-refractivity contribution in [1.82, 2.24) is 9.47 Å². The largest absolute Gasteiger partial charge is 0.450 e. The molecule has 0 saturated heterocycles. The standard InChI is InChI=1S/C15H17IN2O2/c1-3-20-15(19)18-8-7-13-11(9-18)10-5-4-6-12(16)14(10)17(13)2/h4-6H,3,7-9H2,1-2H3. The first-order valence-electron chi connectivity index (χ1n) is 6.79. The van der Waals surface area contributed by atoms with E-state index in [9.17, 15) is 4.79 Å². The summed E-state index contributed by atoms with van der Waals surface area (Å²) < 4.78 is 8.64. The molecule has 0 radical (unpaired) electrons. The van der Waals surface area contributed by atoms with Crippen molar-refractivity contribution < 1.29 is 9.53 Å². The van der Waals surface area contributed by atoms with Crippen LogP contribution in [0, 0.1) is 3.57 Å². The molecule has 106 valence electrons. The highest BCUT2D eigenvalue weighted by Crippen LogP contribution is 2.32. The van der Waals surface area contributed by atoms with E-state index in [1.807, 2.05) is 6.92 Å². The first-order chi connectivity index (χ1) is 9.63. The van der Waals surface area contributed by atoms with Crippen molar-refractivity contribution in [3.05, 3.63) is 33.0 Å². The summed E-state index contributed by atoms with van der Waals surface area (Å²) in [5, 5.41) is 1.25. The smallest absolute Gasteiger partial charge is 0.410 e. The number of benzene rings is 1. The van der Waals surface area contributed by atoms with Gasteiger partial charge in [-0.05, 0) is 35.6 Å². The lowest BCUT2D eigenvalue weighted by Crippen LogP contribution is -2.36. The van der Waals surface area contributed by atoms with E-state index in [0.29, 0.717) is 13.2 Å². The van der Waals surface area contributed by atoms with Crippen molar-refractivity contribution in [3.63, 3.8) is 0 Å². The van der Waals surface area contributed by atoms with E-state index in [0.717, 1.165) is 13.0 Å². The van der Waals surface area contributed by atoms with E-state index in [4.69, 9.17) is 4.74 Å². The summed E-state index contributed by atoms with van der Waals surface area (Å²) in [6.45, 7) is 3.64. The molecule has 3 rings (SSSR count). The molecule has 4 nitrogen and oxygen atoms in total. The summed E-state index contributed by atoms with van der Waals surface area (Å²) in [4.78, 5) is 13.7. The Hall–Kier alpha value is -1.24. The van der Waals surface area contributed by atoms with E-state index in [1.54, 1.807) is 4.90 Å². The molecule has 2 aromatic rings. The maximum Gasteiger partial charge on any atom is 0.410 e. The average molecular weight is 384 g/mol. The number of ether oxygens (including phenoxy) is 1. The van der Waals surface area contributed by atoms with Gasteiger partial charge in [0.15, 0.2) is 0 Å². The van der Waals surface area contributed by atoms with Crippen LogP contribution in [-0.4, -0.2) is 28.7 Å². The third-order valence-corrected chi connectivity index (χ3v) is 4.76. The third-order valence-electron chi connectivity index (χ3n) is 3.89. The number of fused-ring (bicyclic) bond motifs is 3. The van der Waals surface area contributed by atoms with Crippen molar-refractivity contribution >= 4 is 39.6 Å². The van der Waals surface area contributed by atoms with E-state index in [-0.39, 0.29) is 6.09 Å². The molecule has 1 amide bonds. The van der Waals surface area contributed by atoms with Crippen LogP contribution < -0.4 is 0 Å². The minimum Gasteiger partial charge on any atom is -0.450 e. The van der Waals surface area contributed by atoms with Gasteiger partial charge in [-0.3, -0.25) is 0 Å². The molecule has 0 fully saturated rings. The minimum absolute atomic E-state index is 0.208. The van der Waals surface area contributed by atoms with Crippen LogP contribution >= 0.6 is 22.6 Å². The molecular weight excluding hydrogens is 367 g/mol. The van der Waals surface area contributed by atoms with E-state index in [2.05, 4.69) is 52.4 Å². The second-order valence-corrected chi connectivity index (χ2v) is 6.15. The lowest BCUT2D eigenvalue weighted by molar-refractivity contribution is 0.102. The maximum atomic E-state index is 11.9. The van der Waals surface area contributed by atoms with Gasteiger partial charge in [-0.2, -0.15) is 0 Å². The first-order valence-corrected chi connectivity index (χ1v) is 7.87. The minimum atomic E-state index is -0.208. The molecule has 5 heteroatoms. The topological polar surface area (TPSA) is 34.5 Å². The summed E-state index contributed by atoms with van der Waals surface area (Å²) >= 11 is 2.37. The lowest BCUT2D eigenvalue weighted by atomic mass is 10.1. The summed E-state index contributed by atoms with van der Waals surface area (Å²) in [6.07, 6.45) is 0.677. The van der Waals surface area contributed by atoms with E-state index < -0.39 is 0 Å². The number of carbonyl (C=O) groups is 1. The number of hydrogen-bond acceptors (Lipinski definition) is 2. The van der Waals surface area contributed by atoms with Gasteiger partial charge in [0.2, 0.25) is 0 Å². The second-order valence-electron chi connectivity index (χ2n) is 4.99. The molecule has 0 N–H and O–H groups in total. The van der Waals surface area contributed by atoms with E-state index >= 15 is 0 Å². The van der Waals surface area contributed by atoms with E-state index in [1.165, 1.54) is 25.7 Å². The Kier molecular flexibility index (Phi) is 3.62. The van der Waals surface area contributed by atoms with Gasteiger partial charge in [0, 0.05) is 40.2 Å². The molecule has 1 aromatic carbocycles. The number of hydrogen-bond donors (Lipinski definition) is 0. The number of halogens is 1. The summed E-state index contributed by atoms with van der Waals surface area (Å²) in [7, 11) is 2.11. The Bertz CT molecular complexity index is 678. The number of aromatic nitrogens is 1. The van der Waals surface area contributed by atoms with Crippen LogP contribution in [-0.2, 0) is 24.8 Å². The zero-order chi connectivity index (χ0) is 14.3. The Balaban J connectivity index is 2.05. The van der Waals surface area contributed by atoms with Gasteiger partial charge in [0.25, 0.3) is 0 Å². The molecule has 20 heavy (non-hydrogen) atoms. The number of amides is 1. The number of aryl methyl sites for hydroxylation is 1. The maximum absolute atomic E-state index is 11.9. The molecule has 0 unspecified atom stereocenters. The summed E-state index contributed by atoms with van der Waals surface area (Å²) in [5.41, 5.74) is 3.87. The fourth-order valence-corrected chi connectivity index (χ4v) is 3.83. The van der Waals surface area contributed by atoms with Gasteiger partial charge in [0.1, 0.15) is 0 Å². The normalized spacial score (nSPS) is 14.4. The Morgan fingerprint density at radius 1 is 1.45 bits per heavy atom. The van der Waals surface area contributed by atoms with Gasteiger partial charge in [-0.15, -0.1) is 0 Å². The van der Waals surface area contributed by atoms with Crippen molar-refractivity contribution in [3.8, 4) is 0 Å².